The summed E-state index contributed by atoms with van der Waals surface area (Å²) in [5.74, 6) is -1.33. The second kappa shape index (κ2) is 8.48. The third-order valence-electron chi connectivity index (χ3n) is 3.00. The zero-order chi connectivity index (χ0) is 15.0. The predicted octanol–water partition coefficient (Wildman–Crippen LogP) is 2.53. The van der Waals surface area contributed by atoms with Gasteiger partial charge in [-0.2, -0.15) is 0 Å². The first kappa shape index (κ1) is 16.4. The molecule has 1 aromatic rings. The highest BCUT2D eigenvalue weighted by Gasteiger charge is 2.24. The van der Waals surface area contributed by atoms with Gasteiger partial charge in [-0.15, -0.1) is 0 Å². The molecule has 1 unspecified atom stereocenters. The fourth-order valence-electron chi connectivity index (χ4n) is 1.86. The van der Waals surface area contributed by atoms with Gasteiger partial charge in [-0.3, -0.25) is 9.59 Å². The van der Waals surface area contributed by atoms with E-state index in [0.29, 0.717) is 19.6 Å². The lowest BCUT2D eigenvalue weighted by molar-refractivity contribution is -0.151. The molecule has 0 bridgehead atoms. The maximum atomic E-state index is 11.7. The van der Waals surface area contributed by atoms with Crippen LogP contribution in [0.25, 0.3) is 0 Å². The van der Waals surface area contributed by atoms with Gasteiger partial charge in [-0.05, 0) is 38.3 Å². The quantitative estimate of drug-likeness (QED) is 0.541. The van der Waals surface area contributed by atoms with Crippen molar-refractivity contribution in [1.82, 2.24) is 0 Å². The number of esters is 1. The Kier molecular flexibility index (Phi) is 6.94. The number of carbonyl (C=O) groups is 2. The molecule has 110 valence electrons. The highest BCUT2D eigenvalue weighted by molar-refractivity contribution is 5.97. The van der Waals surface area contributed by atoms with Crippen LogP contribution in [0.15, 0.2) is 24.3 Å². The van der Waals surface area contributed by atoms with Crippen LogP contribution in [0, 0.1) is 5.92 Å². The number of rotatable bonds is 8. The first-order chi connectivity index (χ1) is 9.58. The molecule has 4 heteroatoms. The van der Waals surface area contributed by atoms with Gasteiger partial charge in [0.1, 0.15) is 11.7 Å². The maximum absolute atomic E-state index is 11.7. The smallest absolute Gasteiger partial charge is 0.316 e. The van der Waals surface area contributed by atoms with Crippen molar-refractivity contribution < 1.29 is 19.1 Å². The van der Waals surface area contributed by atoms with E-state index < -0.39 is 11.9 Å². The van der Waals surface area contributed by atoms with Crippen molar-refractivity contribution in [1.29, 1.82) is 0 Å². The van der Waals surface area contributed by atoms with Crippen LogP contribution < -0.4 is 0 Å². The zero-order valence-electron chi connectivity index (χ0n) is 12.3. The number of ether oxygens (including phenoxy) is 2. The maximum Gasteiger partial charge on any atom is 0.316 e. The molecule has 0 aliphatic heterocycles. The summed E-state index contributed by atoms with van der Waals surface area (Å²) in [6, 6.07) is 7.74. The second-order valence-electron chi connectivity index (χ2n) is 4.57. The van der Waals surface area contributed by atoms with Crippen LogP contribution in [0.2, 0.25) is 0 Å². The summed E-state index contributed by atoms with van der Waals surface area (Å²) in [5, 5.41) is 0. The minimum atomic E-state index is -0.715. The van der Waals surface area contributed by atoms with Crippen molar-refractivity contribution in [2.75, 3.05) is 13.2 Å². The third-order valence-corrected chi connectivity index (χ3v) is 3.00. The van der Waals surface area contributed by atoms with E-state index in [9.17, 15) is 9.59 Å². The van der Waals surface area contributed by atoms with E-state index in [4.69, 9.17) is 9.47 Å². The van der Waals surface area contributed by atoms with E-state index in [0.717, 1.165) is 11.1 Å². The van der Waals surface area contributed by atoms with Crippen LogP contribution in [0.1, 0.15) is 31.9 Å². The summed E-state index contributed by atoms with van der Waals surface area (Å²) >= 11 is 0. The zero-order valence-corrected chi connectivity index (χ0v) is 12.3. The number of hydrogen-bond acceptors (Lipinski definition) is 4. The normalized spacial score (nSPS) is 11.9. The highest BCUT2D eigenvalue weighted by atomic mass is 16.5. The van der Waals surface area contributed by atoms with Crippen molar-refractivity contribution in [3.63, 3.8) is 0 Å². The van der Waals surface area contributed by atoms with Crippen LogP contribution in [0.5, 0.6) is 0 Å². The van der Waals surface area contributed by atoms with E-state index in [1.807, 2.05) is 31.2 Å². The summed E-state index contributed by atoms with van der Waals surface area (Å²) in [4.78, 5) is 23.3. The van der Waals surface area contributed by atoms with Gasteiger partial charge in [-0.25, -0.2) is 0 Å². The molecule has 0 N–H and O–H groups in total. The van der Waals surface area contributed by atoms with Gasteiger partial charge in [0, 0.05) is 6.61 Å². The first-order valence-corrected chi connectivity index (χ1v) is 6.91. The SMILES string of the molecule is CCOCc1ccc(CC(C(C)=O)C(=O)OCC)cc1. The Morgan fingerprint density at radius 1 is 1.05 bits per heavy atom. The summed E-state index contributed by atoms with van der Waals surface area (Å²) < 4.78 is 10.3. The lowest BCUT2D eigenvalue weighted by Crippen LogP contribution is -2.26. The molecule has 0 heterocycles. The Morgan fingerprint density at radius 2 is 1.65 bits per heavy atom. The molecule has 20 heavy (non-hydrogen) atoms. The van der Waals surface area contributed by atoms with Gasteiger partial charge < -0.3 is 9.47 Å². The highest BCUT2D eigenvalue weighted by Crippen LogP contribution is 2.14. The minimum Gasteiger partial charge on any atom is -0.465 e. The van der Waals surface area contributed by atoms with E-state index in [-0.39, 0.29) is 12.4 Å². The van der Waals surface area contributed by atoms with Crippen LogP contribution in [-0.4, -0.2) is 25.0 Å². The van der Waals surface area contributed by atoms with Gasteiger partial charge >= 0.3 is 5.97 Å². The number of benzene rings is 1. The molecule has 0 fully saturated rings. The summed E-state index contributed by atoms with van der Waals surface area (Å²) in [6.07, 6.45) is 0.378. The number of carbonyl (C=O) groups excluding carboxylic acids is 2. The third kappa shape index (κ3) is 5.13. The fourth-order valence-corrected chi connectivity index (χ4v) is 1.86. The monoisotopic (exact) mass is 278 g/mol. The van der Waals surface area contributed by atoms with Crippen LogP contribution in [-0.2, 0) is 32.1 Å². The molecule has 0 saturated heterocycles. The van der Waals surface area contributed by atoms with Crippen molar-refractivity contribution in [2.45, 2.75) is 33.8 Å². The second-order valence-corrected chi connectivity index (χ2v) is 4.57. The molecule has 0 aliphatic carbocycles. The van der Waals surface area contributed by atoms with Gasteiger partial charge in [0.15, 0.2) is 0 Å². The molecular formula is C16H22O4. The van der Waals surface area contributed by atoms with Crippen LogP contribution >= 0.6 is 0 Å². The lowest BCUT2D eigenvalue weighted by atomic mass is 9.95. The molecule has 0 aromatic heterocycles. The minimum absolute atomic E-state index is 0.165. The number of hydrogen-bond donors (Lipinski definition) is 0. The number of ketones is 1. The first-order valence-electron chi connectivity index (χ1n) is 6.91. The molecule has 0 amide bonds. The average Bonchev–Trinajstić information content (AvgIpc) is 2.43. The molecule has 0 aliphatic rings. The Hall–Kier alpha value is -1.68. The van der Waals surface area contributed by atoms with Crippen molar-refractivity contribution in [2.24, 2.45) is 5.92 Å². The topological polar surface area (TPSA) is 52.6 Å². The van der Waals surface area contributed by atoms with Crippen molar-refractivity contribution in [3.05, 3.63) is 35.4 Å². The molecule has 0 radical (unpaired) electrons. The Labute approximate surface area is 120 Å². The van der Waals surface area contributed by atoms with Crippen LogP contribution in [0.3, 0.4) is 0 Å². The van der Waals surface area contributed by atoms with E-state index in [1.54, 1.807) is 6.92 Å². The molecule has 0 spiro atoms. The molecule has 0 saturated carbocycles. The predicted molar refractivity (Wildman–Crippen MR) is 76.3 cm³/mol. The summed E-state index contributed by atoms with van der Waals surface area (Å²) in [6.45, 7) is 6.64. The average molecular weight is 278 g/mol. The van der Waals surface area contributed by atoms with Crippen LogP contribution in [0.4, 0.5) is 0 Å². The molecule has 4 nitrogen and oxygen atoms in total. The van der Waals surface area contributed by atoms with Gasteiger partial charge in [-0.1, -0.05) is 24.3 Å². The molecular weight excluding hydrogens is 256 g/mol. The van der Waals surface area contributed by atoms with Gasteiger partial charge in [0.05, 0.1) is 13.2 Å². The Balaban J connectivity index is 2.69. The van der Waals surface area contributed by atoms with Gasteiger partial charge in [0.2, 0.25) is 0 Å². The van der Waals surface area contributed by atoms with E-state index >= 15 is 0 Å². The Morgan fingerprint density at radius 3 is 2.15 bits per heavy atom. The molecule has 1 aromatic carbocycles. The van der Waals surface area contributed by atoms with Gasteiger partial charge in [0.25, 0.3) is 0 Å². The van der Waals surface area contributed by atoms with E-state index in [2.05, 4.69) is 0 Å². The van der Waals surface area contributed by atoms with Crippen molar-refractivity contribution in [3.8, 4) is 0 Å². The molecule has 1 rings (SSSR count). The summed E-state index contributed by atoms with van der Waals surface area (Å²) in [5.41, 5.74) is 2.02. The summed E-state index contributed by atoms with van der Waals surface area (Å²) in [7, 11) is 0. The fraction of sp³-hybridized carbons (Fsp3) is 0.500. The Bertz CT molecular complexity index is 436. The standard InChI is InChI=1S/C16H22O4/c1-4-19-11-14-8-6-13(7-9-14)10-15(12(3)17)16(18)20-5-2/h6-9,15H,4-5,10-11H2,1-3H3. The van der Waals surface area contributed by atoms with E-state index in [1.165, 1.54) is 6.92 Å². The largest absolute Gasteiger partial charge is 0.465 e. The number of Topliss-reactive ketones (excluding diaryl/α,β-unsaturated/α-hetero) is 1. The lowest BCUT2D eigenvalue weighted by Gasteiger charge is -2.13. The molecule has 1 atom stereocenters. The van der Waals surface area contributed by atoms with Crippen molar-refractivity contribution >= 4 is 11.8 Å².